The van der Waals surface area contributed by atoms with Crippen molar-refractivity contribution in [3.63, 3.8) is 0 Å². The first kappa shape index (κ1) is 15.6. The molecule has 0 unspecified atom stereocenters. The molecule has 2 rings (SSSR count). The van der Waals surface area contributed by atoms with Crippen LogP contribution in [0, 0.1) is 0 Å². The van der Waals surface area contributed by atoms with Gasteiger partial charge in [0.05, 0.1) is 33.4 Å². The van der Waals surface area contributed by atoms with Gasteiger partial charge in [0.25, 0.3) is 0 Å². The van der Waals surface area contributed by atoms with Gasteiger partial charge >= 0.3 is 0 Å². The number of rotatable bonds is 5. The number of ether oxygens (including phenoxy) is 3. The van der Waals surface area contributed by atoms with Crippen molar-refractivity contribution in [1.29, 1.82) is 0 Å². The molecular weight excluding hydrogens is 268 g/mol. The van der Waals surface area contributed by atoms with Crippen molar-refractivity contribution in [2.24, 2.45) is 4.99 Å². The van der Waals surface area contributed by atoms with Crippen LogP contribution in [-0.4, -0.2) is 50.8 Å². The van der Waals surface area contributed by atoms with Gasteiger partial charge < -0.3 is 14.2 Å². The summed E-state index contributed by atoms with van der Waals surface area (Å²) in [5.74, 6) is 2.48. The van der Waals surface area contributed by atoms with E-state index in [2.05, 4.69) is 22.9 Å². The third-order valence-electron chi connectivity index (χ3n) is 3.72. The molecule has 1 aliphatic heterocycles. The fraction of sp³-hybridized carbons (Fsp3) is 0.562. The van der Waals surface area contributed by atoms with Crippen LogP contribution in [0.5, 0.6) is 11.5 Å². The summed E-state index contributed by atoms with van der Waals surface area (Å²) >= 11 is 0. The van der Waals surface area contributed by atoms with Gasteiger partial charge in [-0.3, -0.25) is 9.89 Å². The molecule has 5 nitrogen and oxygen atoms in total. The Hall–Kier alpha value is -1.75. The van der Waals surface area contributed by atoms with Crippen LogP contribution >= 0.6 is 0 Å². The molecule has 0 amide bonds. The molecule has 116 valence electrons. The normalized spacial score (nSPS) is 19.0. The van der Waals surface area contributed by atoms with Crippen molar-refractivity contribution < 1.29 is 14.2 Å². The number of benzene rings is 1. The zero-order chi connectivity index (χ0) is 15.2. The van der Waals surface area contributed by atoms with Crippen LogP contribution < -0.4 is 9.47 Å². The number of hydrogen-bond donors (Lipinski definition) is 0. The molecule has 0 bridgehead atoms. The van der Waals surface area contributed by atoms with Crippen LogP contribution in [0.2, 0.25) is 0 Å². The minimum absolute atomic E-state index is 0.186. The Morgan fingerprint density at radius 2 is 2.10 bits per heavy atom. The average molecular weight is 292 g/mol. The predicted octanol–water partition coefficient (Wildman–Crippen LogP) is 2.34. The molecule has 0 saturated carbocycles. The second kappa shape index (κ2) is 7.31. The molecule has 1 aromatic rings. The third-order valence-corrected chi connectivity index (χ3v) is 3.72. The van der Waals surface area contributed by atoms with Crippen LogP contribution in [0.15, 0.2) is 23.2 Å². The standard InChI is InChI=1S/C16H24N2O3/c1-5-21-16-12(2)18(9-8-17-16)11-13-6-7-14(19-3)10-15(13)20-4/h6-7,10,12H,5,8-9,11H2,1-4H3/t12-/m0/s1. The summed E-state index contributed by atoms with van der Waals surface area (Å²) in [6.07, 6.45) is 0. The minimum atomic E-state index is 0.186. The molecule has 0 spiro atoms. The van der Waals surface area contributed by atoms with Gasteiger partial charge in [-0.05, 0) is 19.9 Å². The van der Waals surface area contributed by atoms with Crippen molar-refractivity contribution in [2.75, 3.05) is 33.9 Å². The molecule has 1 heterocycles. The predicted molar refractivity (Wildman–Crippen MR) is 83.3 cm³/mol. The van der Waals surface area contributed by atoms with E-state index in [1.807, 2.05) is 19.1 Å². The summed E-state index contributed by atoms with van der Waals surface area (Å²) in [6.45, 7) is 7.28. The van der Waals surface area contributed by atoms with Crippen LogP contribution in [0.1, 0.15) is 19.4 Å². The number of methoxy groups -OCH3 is 2. The van der Waals surface area contributed by atoms with E-state index in [1.54, 1.807) is 14.2 Å². The van der Waals surface area contributed by atoms with Gasteiger partial charge in [0.1, 0.15) is 11.5 Å². The van der Waals surface area contributed by atoms with Crippen molar-refractivity contribution in [2.45, 2.75) is 26.4 Å². The Kier molecular flexibility index (Phi) is 5.44. The smallest absolute Gasteiger partial charge is 0.200 e. The second-order valence-electron chi connectivity index (χ2n) is 4.98. The minimum Gasteiger partial charge on any atom is -0.497 e. The van der Waals surface area contributed by atoms with E-state index < -0.39 is 0 Å². The van der Waals surface area contributed by atoms with E-state index in [0.29, 0.717) is 6.61 Å². The summed E-state index contributed by atoms with van der Waals surface area (Å²) in [4.78, 5) is 6.81. The molecule has 0 N–H and O–H groups in total. The van der Waals surface area contributed by atoms with Gasteiger partial charge in [0.15, 0.2) is 0 Å². The molecular formula is C16H24N2O3. The number of aliphatic imine (C=N–C) groups is 1. The molecule has 0 fully saturated rings. The molecule has 1 aromatic carbocycles. The maximum Gasteiger partial charge on any atom is 0.200 e. The first-order valence-corrected chi connectivity index (χ1v) is 7.31. The third kappa shape index (κ3) is 3.67. The Morgan fingerprint density at radius 3 is 2.76 bits per heavy atom. The zero-order valence-corrected chi connectivity index (χ0v) is 13.3. The summed E-state index contributed by atoms with van der Waals surface area (Å²) in [7, 11) is 3.34. The summed E-state index contributed by atoms with van der Waals surface area (Å²) in [5, 5.41) is 0. The van der Waals surface area contributed by atoms with E-state index in [0.717, 1.165) is 42.6 Å². The van der Waals surface area contributed by atoms with E-state index >= 15 is 0 Å². The highest BCUT2D eigenvalue weighted by molar-refractivity contribution is 5.82. The molecule has 1 atom stereocenters. The highest BCUT2D eigenvalue weighted by atomic mass is 16.5. The van der Waals surface area contributed by atoms with Crippen LogP contribution in [0.25, 0.3) is 0 Å². The van der Waals surface area contributed by atoms with E-state index in [4.69, 9.17) is 14.2 Å². The van der Waals surface area contributed by atoms with Crippen LogP contribution in [-0.2, 0) is 11.3 Å². The lowest BCUT2D eigenvalue weighted by atomic mass is 10.1. The molecule has 0 radical (unpaired) electrons. The second-order valence-corrected chi connectivity index (χ2v) is 4.98. The maximum atomic E-state index is 5.61. The van der Waals surface area contributed by atoms with Crippen molar-refractivity contribution in [3.8, 4) is 11.5 Å². The van der Waals surface area contributed by atoms with Crippen LogP contribution in [0.4, 0.5) is 0 Å². The van der Waals surface area contributed by atoms with Gasteiger partial charge in [-0.25, -0.2) is 0 Å². The van der Waals surface area contributed by atoms with Crippen LogP contribution in [0.3, 0.4) is 0 Å². The van der Waals surface area contributed by atoms with Crippen molar-refractivity contribution in [3.05, 3.63) is 23.8 Å². The molecule has 1 aliphatic rings. The lowest BCUT2D eigenvalue weighted by Crippen LogP contribution is -2.44. The molecule has 21 heavy (non-hydrogen) atoms. The van der Waals surface area contributed by atoms with Gasteiger partial charge in [-0.15, -0.1) is 0 Å². The Bertz CT molecular complexity index is 502. The Labute approximate surface area is 126 Å². The number of nitrogens with zero attached hydrogens (tertiary/aromatic N) is 2. The van der Waals surface area contributed by atoms with Gasteiger partial charge in [-0.1, -0.05) is 6.07 Å². The van der Waals surface area contributed by atoms with E-state index in [1.165, 1.54) is 0 Å². The Morgan fingerprint density at radius 1 is 1.29 bits per heavy atom. The fourth-order valence-electron chi connectivity index (χ4n) is 2.50. The summed E-state index contributed by atoms with van der Waals surface area (Å²) in [5.41, 5.74) is 1.14. The van der Waals surface area contributed by atoms with Gasteiger partial charge in [-0.2, -0.15) is 0 Å². The van der Waals surface area contributed by atoms with Gasteiger partial charge in [0.2, 0.25) is 5.90 Å². The molecule has 0 aliphatic carbocycles. The van der Waals surface area contributed by atoms with E-state index in [9.17, 15) is 0 Å². The summed E-state index contributed by atoms with van der Waals surface area (Å²) in [6, 6.07) is 6.12. The highest BCUT2D eigenvalue weighted by Crippen LogP contribution is 2.26. The fourth-order valence-corrected chi connectivity index (χ4v) is 2.50. The quantitative estimate of drug-likeness (QED) is 0.835. The van der Waals surface area contributed by atoms with Crippen molar-refractivity contribution >= 4 is 5.90 Å². The topological polar surface area (TPSA) is 43.3 Å². The monoisotopic (exact) mass is 292 g/mol. The highest BCUT2D eigenvalue weighted by Gasteiger charge is 2.25. The van der Waals surface area contributed by atoms with Gasteiger partial charge in [0, 0.05) is 24.7 Å². The largest absolute Gasteiger partial charge is 0.497 e. The average Bonchev–Trinajstić information content (AvgIpc) is 2.51. The maximum absolute atomic E-state index is 5.61. The lowest BCUT2D eigenvalue weighted by Gasteiger charge is -2.32. The Balaban J connectivity index is 2.13. The summed E-state index contributed by atoms with van der Waals surface area (Å²) < 4.78 is 16.3. The SMILES string of the molecule is CCOC1=NCCN(Cc2ccc(OC)cc2OC)[C@H]1C. The molecule has 0 aromatic heterocycles. The molecule has 5 heteroatoms. The van der Waals surface area contributed by atoms with Crippen molar-refractivity contribution in [1.82, 2.24) is 4.90 Å². The first-order valence-electron chi connectivity index (χ1n) is 7.31. The molecule has 0 saturated heterocycles. The number of hydrogen-bond acceptors (Lipinski definition) is 5. The zero-order valence-electron chi connectivity index (χ0n) is 13.3. The first-order chi connectivity index (χ1) is 10.2. The van der Waals surface area contributed by atoms with E-state index in [-0.39, 0.29) is 6.04 Å². The lowest BCUT2D eigenvalue weighted by molar-refractivity contribution is 0.192.